The second-order valence-corrected chi connectivity index (χ2v) is 9.35. The molecule has 2 saturated heterocycles. The molecule has 2 fully saturated rings. The van der Waals surface area contributed by atoms with E-state index < -0.39 is 9.84 Å². The van der Waals surface area contributed by atoms with Gasteiger partial charge in [-0.25, -0.2) is 8.42 Å². The number of thiocarbonyl (C=S) groups is 1. The number of anilines is 1. The van der Waals surface area contributed by atoms with Gasteiger partial charge in [0.25, 0.3) is 0 Å². The molecule has 1 N–H and O–H groups in total. The maximum absolute atomic E-state index is 11.9. The summed E-state index contributed by atoms with van der Waals surface area (Å²) in [4.78, 5) is 2.01. The monoisotopic (exact) mass is 398 g/mol. The zero-order valence-corrected chi connectivity index (χ0v) is 16.7. The van der Waals surface area contributed by atoms with Gasteiger partial charge in [-0.1, -0.05) is 0 Å². The van der Waals surface area contributed by atoms with Crippen LogP contribution < -0.4 is 10.1 Å². The highest BCUT2D eigenvalue weighted by Gasteiger charge is 2.35. The van der Waals surface area contributed by atoms with Gasteiger partial charge in [0, 0.05) is 24.9 Å². The second kappa shape index (κ2) is 8.54. The van der Waals surface area contributed by atoms with Crippen molar-refractivity contribution in [2.75, 3.05) is 36.6 Å². The Morgan fingerprint density at radius 1 is 1.35 bits per heavy atom. The van der Waals surface area contributed by atoms with Crippen molar-refractivity contribution in [3.63, 3.8) is 0 Å². The molecule has 144 valence electrons. The Balaban J connectivity index is 1.69. The number of ether oxygens (including phenoxy) is 2. The van der Waals surface area contributed by atoms with Crippen molar-refractivity contribution in [3.05, 3.63) is 24.3 Å². The van der Waals surface area contributed by atoms with Crippen LogP contribution in [0.15, 0.2) is 24.3 Å². The summed E-state index contributed by atoms with van der Waals surface area (Å²) < 4.78 is 35.0. The largest absolute Gasteiger partial charge is 0.494 e. The number of benzene rings is 1. The molecule has 0 unspecified atom stereocenters. The Bertz CT molecular complexity index is 715. The predicted molar refractivity (Wildman–Crippen MR) is 107 cm³/mol. The normalized spacial score (nSPS) is 24.3. The van der Waals surface area contributed by atoms with Gasteiger partial charge in [0.15, 0.2) is 14.9 Å². The summed E-state index contributed by atoms with van der Waals surface area (Å²) in [5, 5.41) is 3.79. The maximum Gasteiger partial charge on any atom is 0.173 e. The molecule has 0 spiro atoms. The van der Waals surface area contributed by atoms with Gasteiger partial charge in [-0.15, -0.1) is 0 Å². The van der Waals surface area contributed by atoms with E-state index in [4.69, 9.17) is 21.7 Å². The smallest absolute Gasteiger partial charge is 0.173 e. The Morgan fingerprint density at radius 3 is 2.69 bits per heavy atom. The molecule has 2 aliphatic heterocycles. The third kappa shape index (κ3) is 5.08. The van der Waals surface area contributed by atoms with Crippen molar-refractivity contribution < 1.29 is 17.9 Å². The van der Waals surface area contributed by atoms with E-state index in [0.29, 0.717) is 24.7 Å². The molecular weight excluding hydrogens is 372 g/mol. The SMILES string of the molecule is CCOc1ccc(NC(=S)N(C[C@@H]2CCCO2)[C@H]2CCS(=O)(=O)C2)cc1. The van der Waals surface area contributed by atoms with E-state index in [1.165, 1.54) is 0 Å². The number of rotatable bonds is 6. The summed E-state index contributed by atoms with van der Waals surface area (Å²) in [5.74, 6) is 1.19. The molecule has 0 amide bonds. The highest BCUT2D eigenvalue weighted by Crippen LogP contribution is 2.23. The highest BCUT2D eigenvalue weighted by atomic mass is 32.2. The number of nitrogens with zero attached hydrogens (tertiary/aromatic N) is 1. The van der Waals surface area contributed by atoms with Crippen LogP contribution in [-0.4, -0.2) is 61.8 Å². The first kappa shape index (κ1) is 19.4. The average molecular weight is 399 g/mol. The van der Waals surface area contributed by atoms with Crippen LogP contribution in [-0.2, 0) is 14.6 Å². The summed E-state index contributed by atoms with van der Waals surface area (Å²) in [6.07, 6.45) is 2.75. The molecule has 1 aromatic rings. The number of sulfone groups is 1. The minimum absolute atomic E-state index is 0.0908. The molecule has 0 bridgehead atoms. The topological polar surface area (TPSA) is 67.9 Å². The van der Waals surface area contributed by atoms with E-state index in [1.54, 1.807) is 0 Å². The number of hydrogen-bond donors (Lipinski definition) is 1. The summed E-state index contributed by atoms with van der Waals surface area (Å²) in [6.45, 7) is 3.96. The van der Waals surface area contributed by atoms with Gasteiger partial charge in [0.2, 0.25) is 0 Å². The molecule has 8 heteroatoms. The molecule has 2 aliphatic rings. The molecular formula is C18H26N2O4S2. The lowest BCUT2D eigenvalue weighted by Crippen LogP contribution is -2.47. The molecule has 6 nitrogen and oxygen atoms in total. The fourth-order valence-electron chi connectivity index (χ4n) is 3.42. The lowest BCUT2D eigenvalue weighted by atomic mass is 10.2. The van der Waals surface area contributed by atoms with Crippen molar-refractivity contribution in [2.45, 2.75) is 38.3 Å². The maximum atomic E-state index is 11.9. The fraction of sp³-hybridized carbons (Fsp3) is 0.611. The van der Waals surface area contributed by atoms with Crippen LogP contribution >= 0.6 is 12.2 Å². The Labute approximate surface area is 160 Å². The molecule has 1 aromatic carbocycles. The minimum atomic E-state index is -2.98. The molecule has 26 heavy (non-hydrogen) atoms. The van der Waals surface area contributed by atoms with Crippen LogP contribution in [0.25, 0.3) is 0 Å². The molecule has 3 rings (SSSR count). The van der Waals surface area contributed by atoms with Gasteiger partial charge in [-0.3, -0.25) is 0 Å². The van der Waals surface area contributed by atoms with Crippen molar-refractivity contribution in [1.29, 1.82) is 0 Å². The average Bonchev–Trinajstić information content (AvgIpc) is 3.23. The van der Waals surface area contributed by atoms with Crippen LogP contribution in [0.5, 0.6) is 5.75 Å². The molecule has 2 atom stereocenters. The first-order chi connectivity index (χ1) is 12.5. The van der Waals surface area contributed by atoms with Gasteiger partial charge in [-0.2, -0.15) is 0 Å². The zero-order valence-electron chi connectivity index (χ0n) is 15.0. The van der Waals surface area contributed by atoms with E-state index in [1.807, 2.05) is 36.1 Å². The minimum Gasteiger partial charge on any atom is -0.494 e. The lowest BCUT2D eigenvalue weighted by molar-refractivity contribution is 0.0851. The third-order valence-corrected chi connectivity index (χ3v) is 6.84. The predicted octanol–water partition coefficient (Wildman–Crippen LogP) is 2.45. The van der Waals surface area contributed by atoms with Gasteiger partial charge in [0.05, 0.1) is 24.2 Å². The van der Waals surface area contributed by atoms with Crippen LogP contribution in [0.3, 0.4) is 0 Å². The van der Waals surface area contributed by atoms with Crippen molar-refractivity contribution in [3.8, 4) is 5.75 Å². The van der Waals surface area contributed by atoms with Gasteiger partial charge in [0.1, 0.15) is 5.75 Å². The zero-order chi connectivity index (χ0) is 18.6. The third-order valence-electron chi connectivity index (χ3n) is 4.75. The number of nitrogens with one attached hydrogen (secondary N) is 1. The number of hydrogen-bond acceptors (Lipinski definition) is 5. The van der Waals surface area contributed by atoms with Crippen LogP contribution in [0.2, 0.25) is 0 Å². The quantitative estimate of drug-likeness (QED) is 0.738. The van der Waals surface area contributed by atoms with E-state index in [-0.39, 0.29) is 23.7 Å². The molecule has 2 heterocycles. The fourth-order valence-corrected chi connectivity index (χ4v) is 5.50. The highest BCUT2D eigenvalue weighted by molar-refractivity contribution is 7.91. The van der Waals surface area contributed by atoms with Crippen LogP contribution in [0, 0.1) is 0 Å². The summed E-state index contributed by atoms with van der Waals surface area (Å²) in [6, 6.07) is 7.50. The van der Waals surface area contributed by atoms with Crippen LogP contribution in [0.1, 0.15) is 26.2 Å². The first-order valence-electron chi connectivity index (χ1n) is 9.09. The van der Waals surface area contributed by atoms with Crippen molar-refractivity contribution in [1.82, 2.24) is 4.90 Å². The van der Waals surface area contributed by atoms with Crippen molar-refractivity contribution >= 4 is 32.9 Å². The molecule has 0 aromatic heterocycles. The summed E-state index contributed by atoms with van der Waals surface area (Å²) in [5.41, 5.74) is 0.858. The van der Waals surface area contributed by atoms with E-state index in [9.17, 15) is 8.42 Å². The van der Waals surface area contributed by atoms with Gasteiger partial charge in [-0.05, 0) is 62.7 Å². The van der Waals surface area contributed by atoms with Crippen molar-refractivity contribution in [2.24, 2.45) is 0 Å². The van der Waals surface area contributed by atoms with E-state index in [0.717, 1.165) is 30.9 Å². The van der Waals surface area contributed by atoms with E-state index in [2.05, 4.69) is 5.32 Å². The Hall–Kier alpha value is -1.38. The summed E-state index contributed by atoms with van der Waals surface area (Å²) in [7, 11) is -2.98. The summed E-state index contributed by atoms with van der Waals surface area (Å²) >= 11 is 5.62. The van der Waals surface area contributed by atoms with E-state index >= 15 is 0 Å². The molecule has 0 aliphatic carbocycles. The Morgan fingerprint density at radius 2 is 2.12 bits per heavy atom. The first-order valence-corrected chi connectivity index (χ1v) is 11.3. The standard InChI is InChI=1S/C18H26N2O4S2/c1-2-23-16-7-5-14(6-8-16)19-18(25)20(12-17-4-3-10-24-17)15-9-11-26(21,22)13-15/h5-8,15,17H,2-4,9-13H2,1H3,(H,19,25)/t15-,17-/m0/s1. The molecule has 0 saturated carbocycles. The van der Waals surface area contributed by atoms with Gasteiger partial charge >= 0.3 is 0 Å². The molecule has 0 radical (unpaired) electrons. The van der Waals surface area contributed by atoms with Crippen LogP contribution in [0.4, 0.5) is 5.69 Å². The Kier molecular flexibility index (Phi) is 6.37. The lowest BCUT2D eigenvalue weighted by Gasteiger charge is -2.33. The second-order valence-electron chi connectivity index (χ2n) is 6.73. The van der Waals surface area contributed by atoms with Gasteiger partial charge < -0.3 is 19.7 Å².